The van der Waals surface area contributed by atoms with Crippen LogP contribution in [-0.2, 0) is 6.54 Å². The van der Waals surface area contributed by atoms with Gasteiger partial charge in [0.15, 0.2) is 5.96 Å². The molecule has 0 bridgehead atoms. The first kappa shape index (κ1) is 13.1. The molecule has 0 saturated heterocycles. The molecule has 0 spiro atoms. The van der Waals surface area contributed by atoms with Gasteiger partial charge < -0.3 is 15.2 Å². The quantitative estimate of drug-likeness (QED) is 0.463. The fourth-order valence-corrected chi connectivity index (χ4v) is 1.36. The van der Waals surface area contributed by atoms with E-state index in [-0.39, 0.29) is 0 Å². The van der Waals surface area contributed by atoms with E-state index in [9.17, 15) is 0 Å². The van der Waals surface area contributed by atoms with Crippen LogP contribution >= 0.6 is 0 Å². The summed E-state index contributed by atoms with van der Waals surface area (Å²) in [5, 5.41) is 10.0. The maximum atomic E-state index is 5.19. The highest BCUT2D eigenvalue weighted by atomic mass is 16.5. The Morgan fingerprint density at radius 3 is 2.76 bits per heavy atom. The van der Waals surface area contributed by atoms with Gasteiger partial charge in [-0.05, 0) is 20.8 Å². The standard InChI is InChI=1S/C12H18N4O/c1-5-7-14-12(13-6-2)15-8-11-9(3)16-17-10(11)4/h1H,6-8H2,2-4H3,(H2,13,14,15). The van der Waals surface area contributed by atoms with Crippen LogP contribution in [0.3, 0.4) is 0 Å². The molecule has 17 heavy (non-hydrogen) atoms. The average Bonchev–Trinajstić information content (AvgIpc) is 2.63. The molecule has 1 aromatic rings. The molecule has 0 fully saturated rings. The van der Waals surface area contributed by atoms with Crippen molar-refractivity contribution >= 4 is 5.96 Å². The molecule has 5 nitrogen and oxygen atoms in total. The van der Waals surface area contributed by atoms with Crippen molar-refractivity contribution in [3.05, 3.63) is 17.0 Å². The molecule has 0 radical (unpaired) electrons. The molecule has 1 heterocycles. The third-order valence-electron chi connectivity index (χ3n) is 2.28. The van der Waals surface area contributed by atoms with E-state index in [1.807, 2.05) is 20.8 Å². The van der Waals surface area contributed by atoms with Gasteiger partial charge in [0.2, 0.25) is 0 Å². The molecular formula is C12H18N4O. The molecule has 0 unspecified atom stereocenters. The van der Waals surface area contributed by atoms with Crippen LogP contribution in [0.5, 0.6) is 0 Å². The number of hydrogen-bond donors (Lipinski definition) is 2. The molecule has 0 aromatic carbocycles. The lowest BCUT2D eigenvalue weighted by Crippen LogP contribution is -2.37. The lowest BCUT2D eigenvalue weighted by atomic mass is 10.2. The zero-order valence-electron chi connectivity index (χ0n) is 10.5. The van der Waals surface area contributed by atoms with Crippen LogP contribution < -0.4 is 10.6 Å². The summed E-state index contributed by atoms with van der Waals surface area (Å²) in [5.74, 6) is 4.01. The Morgan fingerprint density at radius 1 is 1.47 bits per heavy atom. The van der Waals surface area contributed by atoms with Crippen molar-refractivity contribution in [2.24, 2.45) is 4.99 Å². The minimum absolute atomic E-state index is 0.452. The number of guanidine groups is 1. The van der Waals surface area contributed by atoms with Crippen LogP contribution in [0.15, 0.2) is 9.52 Å². The first-order valence-electron chi connectivity index (χ1n) is 5.56. The van der Waals surface area contributed by atoms with Crippen LogP contribution in [0.25, 0.3) is 0 Å². The summed E-state index contributed by atoms with van der Waals surface area (Å²) in [5.41, 5.74) is 1.89. The molecule has 0 aliphatic heterocycles. The fourth-order valence-electron chi connectivity index (χ4n) is 1.36. The average molecular weight is 234 g/mol. The smallest absolute Gasteiger partial charge is 0.192 e. The van der Waals surface area contributed by atoms with Gasteiger partial charge >= 0.3 is 0 Å². The number of nitrogens with one attached hydrogen (secondary N) is 2. The second-order valence-electron chi connectivity index (χ2n) is 3.56. The number of hydrogen-bond acceptors (Lipinski definition) is 3. The van der Waals surface area contributed by atoms with Crippen LogP contribution in [-0.4, -0.2) is 24.2 Å². The Morgan fingerprint density at radius 2 is 2.24 bits per heavy atom. The van der Waals surface area contributed by atoms with Crippen molar-refractivity contribution in [1.82, 2.24) is 15.8 Å². The van der Waals surface area contributed by atoms with Gasteiger partial charge in [-0.25, -0.2) is 4.99 Å². The molecule has 1 aromatic heterocycles. The molecule has 0 aliphatic carbocycles. The highest BCUT2D eigenvalue weighted by Crippen LogP contribution is 2.12. The number of terminal acetylenes is 1. The number of aliphatic imine (C=N–C) groups is 1. The van der Waals surface area contributed by atoms with Crippen LogP contribution in [0, 0.1) is 26.2 Å². The summed E-state index contributed by atoms with van der Waals surface area (Å²) in [6.45, 7) is 7.56. The number of rotatable bonds is 4. The zero-order chi connectivity index (χ0) is 12.7. The van der Waals surface area contributed by atoms with Gasteiger partial charge in [0.1, 0.15) is 5.76 Å². The van der Waals surface area contributed by atoms with E-state index in [2.05, 4.69) is 26.7 Å². The highest BCUT2D eigenvalue weighted by Gasteiger charge is 2.08. The molecule has 1 rings (SSSR count). The summed E-state index contributed by atoms with van der Waals surface area (Å²) in [6, 6.07) is 0. The van der Waals surface area contributed by atoms with Gasteiger partial charge in [0.25, 0.3) is 0 Å². The minimum Gasteiger partial charge on any atom is -0.361 e. The van der Waals surface area contributed by atoms with Crippen molar-refractivity contribution in [3.8, 4) is 12.3 Å². The first-order chi connectivity index (χ1) is 8.19. The third-order valence-corrected chi connectivity index (χ3v) is 2.28. The number of aryl methyl sites for hydroxylation is 2. The van der Waals surface area contributed by atoms with E-state index in [1.54, 1.807) is 0 Å². The molecule has 0 amide bonds. The van der Waals surface area contributed by atoms with Crippen molar-refractivity contribution < 1.29 is 4.52 Å². The van der Waals surface area contributed by atoms with Gasteiger partial charge in [-0.3, -0.25) is 0 Å². The van der Waals surface area contributed by atoms with Gasteiger partial charge in [-0.1, -0.05) is 11.1 Å². The van der Waals surface area contributed by atoms with Crippen LogP contribution in [0.4, 0.5) is 0 Å². The van der Waals surface area contributed by atoms with Gasteiger partial charge in [-0.2, -0.15) is 0 Å². The second-order valence-corrected chi connectivity index (χ2v) is 3.56. The number of nitrogens with zero attached hydrogens (tertiary/aromatic N) is 2. The first-order valence-corrected chi connectivity index (χ1v) is 5.56. The zero-order valence-corrected chi connectivity index (χ0v) is 10.5. The SMILES string of the molecule is C#CCNC(=NCc1c(C)noc1C)NCC. The molecule has 92 valence electrons. The monoisotopic (exact) mass is 234 g/mol. The van der Waals surface area contributed by atoms with Crippen molar-refractivity contribution in [2.45, 2.75) is 27.3 Å². The lowest BCUT2D eigenvalue weighted by molar-refractivity contribution is 0.392. The van der Waals surface area contributed by atoms with Crippen molar-refractivity contribution in [1.29, 1.82) is 0 Å². The van der Waals surface area contributed by atoms with Gasteiger partial charge in [0.05, 0.1) is 18.8 Å². The van der Waals surface area contributed by atoms with Crippen LogP contribution in [0.1, 0.15) is 23.9 Å². The molecule has 2 N–H and O–H groups in total. The Hall–Kier alpha value is -1.96. The summed E-state index contributed by atoms with van der Waals surface area (Å²) < 4.78 is 5.08. The van der Waals surface area contributed by atoms with E-state index in [4.69, 9.17) is 10.9 Å². The molecule has 0 atom stereocenters. The van der Waals surface area contributed by atoms with Crippen molar-refractivity contribution in [3.63, 3.8) is 0 Å². The fraction of sp³-hybridized carbons (Fsp3) is 0.500. The molecular weight excluding hydrogens is 216 g/mol. The maximum absolute atomic E-state index is 5.19. The van der Waals surface area contributed by atoms with E-state index >= 15 is 0 Å². The lowest BCUT2D eigenvalue weighted by Gasteiger charge is -2.08. The predicted octanol–water partition coefficient (Wildman–Crippen LogP) is 0.980. The normalized spacial score (nSPS) is 11.1. The van der Waals surface area contributed by atoms with E-state index in [0.29, 0.717) is 19.0 Å². The van der Waals surface area contributed by atoms with E-state index in [1.165, 1.54) is 0 Å². The van der Waals surface area contributed by atoms with E-state index < -0.39 is 0 Å². The second kappa shape index (κ2) is 6.59. The predicted molar refractivity (Wildman–Crippen MR) is 67.6 cm³/mol. The largest absolute Gasteiger partial charge is 0.361 e. The van der Waals surface area contributed by atoms with E-state index in [0.717, 1.165) is 23.6 Å². The third kappa shape index (κ3) is 3.83. The van der Waals surface area contributed by atoms with Gasteiger partial charge in [-0.15, -0.1) is 6.42 Å². The van der Waals surface area contributed by atoms with Crippen LogP contribution in [0.2, 0.25) is 0 Å². The molecule has 0 saturated carbocycles. The highest BCUT2D eigenvalue weighted by molar-refractivity contribution is 5.80. The summed E-state index contributed by atoms with van der Waals surface area (Å²) >= 11 is 0. The Labute approximate surface area is 102 Å². The summed E-state index contributed by atoms with van der Waals surface area (Å²) in [4.78, 5) is 4.41. The minimum atomic E-state index is 0.452. The molecule has 5 heteroatoms. The Kier molecular flexibility index (Phi) is 5.08. The molecule has 0 aliphatic rings. The summed E-state index contributed by atoms with van der Waals surface area (Å²) in [7, 11) is 0. The Balaban J connectivity index is 2.68. The number of aromatic nitrogens is 1. The van der Waals surface area contributed by atoms with Gasteiger partial charge in [0, 0.05) is 12.1 Å². The maximum Gasteiger partial charge on any atom is 0.192 e. The topological polar surface area (TPSA) is 62.5 Å². The summed E-state index contributed by atoms with van der Waals surface area (Å²) in [6.07, 6.45) is 5.19. The van der Waals surface area contributed by atoms with Crippen molar-refractivity contribution in [2.75, 3.05) is 13.1 Å². The Bertz CT molecular complexity index is 409.